The molecule has 0 radical (unpaired) electrons. The van der Waals surface area contributed by atoms with E-state index in [0.717, 1.165) is 120 Å². The minimum Gasteiger partial charge on any atom is -0.453 e. The van der Waals surface area contributed by atoms with Crippen LogP contribution in [0.4, 0.5) is 9.59 Å². The smallest absolute Gasteiger partial charge is 0.407 e. The predicted octanol–water partition coefficient (Wildman–Crippen LogP) is 9.20. The van der Waals surface area contributed by atoms with E-state index in [1.165, 1.54) is 14.2 Å². The second-order valence-corrected chi connectivity index (χ2v) is 19.2. The Morgan fingerprint density at radius 2 is 0.953 bits per heavy atom. The molecule has 64 heavy (non-hydrogen) atoms. The number of likely N-dealkylation sites (tertiary alicyclic amines) is 2. The van der Waals surface area contributed by atoms with Crippen LogP contribution in [0, 0.1) is 23.7 Å². The van der Waals surface area contributed by atoms with E-state index >= 15 is 0 Å². The number of H-pyrrole nitrogens is 2. The second kappa shape index (κ2) is 17.9. The number of hydrogen-bond donors (Lipinski definition) is 4. The van der Waals surface area contributed by atoms with Gasteiger partial charge < -0.3 is 39.9 Å². The fraction of sp³-hybridized carbons (Fsp3) is 0.520. The van der Waals surface area contributed by atoms with Crippen LogP contribution in [0.5, 0.6) is 0 Å². The third kappa shape index (κ3) is 8.20. The highest BCUT2D eigenvalue weighted by Gasteiger charge is 2.50. The van der Waals surface area contributed by atoms with Gasteiger partial charge in [-0.15, -0.1) is 0 Å². The third-order valence-corrected chi connectivity index (χ3v) is 14.7. The number of aromatic nitrogens is 4. The Morgan fingerprint density at radius 1 is 0.578 bits per heavy atom. The summed E-state index contributed by atoms with van der Waals surface area (Å²) in [7, 11) is 2.64. The Morgan fingerprint density at radius 3 is 1.33 bits per heavy atom. The molecule has 2 saturated carbocycles. The fourth-order valence-electron chi connectivity index (χ4n) is 11.4. The van der Waals surface area contributed by atoms with Crippen molar-refractivity contribution >= 4 is 46.1 Å². The van der Waals surface area contributed by atoms with Crippen LogP contribution >= 0.6 is 0 Å². The van der Waals surface area contributed by atoms with E-state index in [1.807, 2.05) is 49.6 Å². The van der Waals surface area contributed by atoms with Gasteiger partial charge in [0.2, 0.25) is 11.8 Å². The normalized spacial score (nSPS) is 24.1. The van der Waals surface area contributed by atoms with Crippen molar-refractivity contribution in [1.29, 1.82) is 0 Å². The minimum absolute atomic E-state index is 0.0794. The number of nitrogens with zero attached hydrogens (tertiary/aromatic N) is 4. The van der Waals surface area contributed by atoms with Gasteiger partial charge >= 0.3 is 12.2 Å². The molecule has 4 aliphatic rings. The van der Waals surface area contributed by atoms with Crippen molar-refractivity contribution in [1.82, 2.24) is 40.4 Å². The van der Waals surface area contributed by atoms with Gasteiger partial charge in [0.1, 0.15) is 23.7 Å². The summed E-state index contributed by atoms with van der Waals surface area (Å²) < 4.78 is 9.78. The van der Waals surface area contributed by atoms with Crippen LogP contribution < -0.4 is 10.6 Å². The largest absolute Gasteiger partial charge is 0.453 e. The van der Waals surface area contributed by atoms with E-state index in [1.54, 1.807) is 0 Å². The fourth-order valence-corrected chi connectivity index (χ4v) is 11.4. The number of benzene rings is 3. The lowest BCUT2D eigenvalue weighted by Gasteiger charge is -2.36. The number of alkyl carbamates (subject to hydrolysis) is 2. The lowest BCUT2D eigenvalue weighted by molar-refractivity contribution is -0.139. The number of hydrogen-bond acceptors (Lipinski definition) is 8. The van der Waals surface area contributed by atoms with Crippen LogP contribution in [-0.4, -0.2) is 92.1 Å². The molecule has 2 saturated heterocycles. The van der Waals surface area contributed by atoms with E-state index in [0.29, 0.717) is 11.8 Å². The maximum Gasteiger partial charge on any atom is 0.407 e. The summed E-state index contributed by atoms with van der Waals surface area (Å²) in [6, 6.07) is 19.5. The number of carbonyl (C=O) groups is 4. The van der Waals surface area contributed by atoms with Crippen molar-refractivity contribution in [2.24, 2.45) is 23.7 Å². The molecule has 9 rings (SSSR count). The van der Waals surface area contributed by atoms with Crippen molar-refractivity contribution in [2.45, 2.75) is 128 Å². The average Bonchev–Trinajstić information content (AvgIpc) is 4.11. The first-order chi connectivity index (χ1) is 30.9. The Kier molecular flexibility index (Phi) is 12.1. The van der Waals surface area contributed by atoms with Gasteiger partial charge in [0.25, 0.3) is 0 Å². The molecule has 2 aliphatic carbocycles. The molecule has 8 atom stereocenters. The van der Waals surface area contributed by atoms with Gasteiger partial charge in [-0.1, -0.05) is 89.8 Å². The molecule has 14 heteroatoms. The monoisotopic (exact) mass is 870 g/mol. The Bertz CT molecular complexity index is 2360. The Hall–Kier alpha value is -5.92. The maximum atomic E-state index is 14.3. The van der Waals surface area contributed by atoms with E-state index in [2.05, 4.69) is 69.1 Å². The number of amides is 4. The summed E-state index contributed by atoms with van der Waals surface area (Å²) in [4.78, 5) is 74.6. The highest BCUT2D eigenvalue weighted by molar-refractivity contribution is 5.89. The molecular weight excluding hydrogens is 809 g/mol. The van der Waals surface area contributed by atoms with Crippen molar-refractivity contribution in [2.75, 3.05) is 14.2 Å². The molecule has 5 aromatic rings. The number of methoxy groups -OCH3 is 2. The summed E-state index contributed by atoms with van der Waals surface area (Å²) in [5.41, 5.74) is 7.75. The zero-order valence-electron chi connectivity index (χ0n) is 37.9. The number of ether oxygens (including phenoxy) is 2. The molecular formula is C50H62N8O6. The minimum atomic E-state index is -0.695. The van der Waals surface area contributed by atoms with Gasteiger partial charge in [-0.3, -0.25) is 9.59 Å². The molecule has 4 amide bonds. The molecule has 338 valence electrons. The van der Waals surface area contributed by atoms with Crippen LogP contribution in [-0.2, 0) is 19.1 Å². The first kappa shape index (κ1) is 43.3. The number of carbonyl (C=O) groups excluding carboxylic acids is 4. The predicted molar refractivity (Wildman–Crippen MR) is 245 cm³/mol. The topological polar surface area (TPSA) is 175 Å². The molecule has 2 aliphatic heterocycles. The third-order valence-electron chi connectivity index (χ3n) is 14.7. The van der Waals surface area contributed by atoms with Gasteiger partial charge in [-0.2, -0.15) is 0 Å². The highest BCUT2D eigenvalue weighted by Crippen LogP contribution is 2.48. The van der Waals surface area contributed by atoms with Crippen molar-refractivity contribution in [3.8, 4) is 22.3 Å². The number of nitrogens with one attached hydrogen (secondary N) is 4. The standard InChI is InChI=1S/C50H62N8O6/c1-27(2)43(55-49(61)63-5)47(59)57-39-13-9-7-11-33(39)25-41(57)45-51-35-21-19-31(23-37(35)53-45)29-15-17-30(18-16-29)32-20-22-36-38(24-32)54-46(52-36)42-26-34-12-8-10-14-40(34)58(42)48(60)44(28(3)4)56-50(62)64-6/h15-24,27-28,33-34,39-44H,7-14,25-26H2,1-6H3,(H,51,53)(H,52,54)(H,55,61)(H,56,62). The van der Waals surface area contributed by atoms with Gasteiger partial charge in [0, 0.05) is 12.1 Å². The molecule has 8 unspecified atom stereocenters. The lowest BCUT2D eigenvalue weighted by atomic mass is 9.84. The number of imidazole rings is 2. The van der Waals surface area contributed by atoms with E-state index < -0.39 is 24.3 Å². The molecule has 4 N–H and O–H groups in total. The van der Waals surface area contributed by atoms with Crippen LogP contribution in [0.25, 0.3) is 44.3 Å². The van der Waals surface area contributed by atoms with Gasteiger partial charge in [0.15, 0.2) is 0 Å². The van der Waals surface area contributed by atoms with Gasteiger partial charge in [0.05, 0.1) is 48.4 Å². The zero-order valence-corrected chi connectivity index (χ0v) is 37.9. The molecule has 3 aromatic carbocycles. The first-order valence-electron chi connectivity index (χ1n) is 23.4. The summed E-state index contributed by atoms with van der Waals surface area (Å²) in [6.45, 7) is 7.79. The summed E-state index contributed by atoms with van der Waals surface area (Å²) >= 11 is 0. The van der Waals surface area contributed by atoms with Crippen LogP contribution in [0.15, 0.2) is 60.7 Å². The number of fused-ring (bicyclic) bond motifs is 4. The Labute approximate surface area is 374 Å². The van der Waals surface area contributed by atoms with Gasteiger partial charge in [-0.25, -0.2) is 19.6 Å². The second-order valence-electron chi connectivity index (χ2n) is 19.2. The average molecular weight is 871 g/mol. The summed E-state index contributed by atoms with van der Waals surface area (Å²) in [6.07, 6.45) is 9.02. The quantitative estimate of drug-likeness (QED) is 0.107. The van der Waals surface area contributed by atoms with E-state index in [4.69, 9.17) is 19.4 Å². The molecule has 14 nitrogen and oxygen atoms in total. The maximum absolute atomic E-state index is 14.3. The van der Waals surface area contributed by atoms with Crippen LogP contribution in [0.3, 0.4) is 0 Å². The Balaban J connectivity index is 0.946. The van der Waals surface area contributed by atoms with Crippen LogP contribution in [0.2, 0.25) is 0 Å². The SMILES string of the molecule is COC(=O)NC(C(=O)N1C(c2nc3ccc(-c4ccc(-c5ccc6nc(C7CC8CCCCC8N7C(=O)C(NC(=O)OC)C(C)C)[nH]c6c5)cc4)cc3[nH]2)CC2CCCCC21)C(C)C. The summed E-state index contributed by atoms with van der Waals surface area (Å²) in [5, 5.41) is 5.62. The first-order valence-corrected chi connectivity index (χ1v) is 23.4. The zero-order chi connectivity index (χ0) is 44.8. The van der Waals surface area contributed by atoms with Crippen molar-refractivity contribution in [3.05, 3.63) is 72.3 Å². The molecule has 2 aromatic heterocycles. The molecule has 4 heterocycles. The lowest BCUT2D eigenvalue weighted by Crippen LogP contribution is -2.53. The van der Waals surface area contributed by atoms with E-state index in [9.17, 15) is 19.2 Å². The molecule has 4 fully saturated rings. The van der Waals surface area contributed by atoms with Crippen LogP contribution in [0.1, 0.15) is 116 Å². The van der Waals surface area contributed by atoms with E-state index in [-0.39, 0.29) is 47.8 Å². The van der Waals surface area contributed by atoms with Crippen molar-refractivity contribution < 1.29 is 28.7 Å². The summed E-state index contributed by atoms with van der Waals surface area (Å²) in [5.74, 6) is 1.97. The van der Waals surface area contributed by atoms with Crippen molar-refractivity contribution in [3.63, 3.8) is 0 Å². The highest BCUT2D eigenvalue weighted by atomic mass is 16.5. The molecule has 0 spiro atoms. The number of aromatic amines is 2. The molecule has 0 bridgehead atoms. The number of rotatable bonds is 10. The van der Waals surface area contributed by atoms with Gasteiger partial charge in [-0.05, 0) is 109 Å².